The molecule has 1 fully saturated rings. The molecule has 0 aromatic heterocycles. The van der Waals surface area contributed by atoms with Gasteiger partial charge in [0.2, 0.25) is 0 Å². The van der Waals surface area contributed by atoms with Crippen LogP contribution in [-0.2, 0) is 19.5 Å². The molecule has 2 atom stereocenters. The van der Waals surface area contributed by atoms with Gasteiger partial charge >= 0.3 is 19.5 Å². The summed E-state index contributed by atoms with van der Waals surface area (Å²) in [5.74, 6) is 2.28. The van der Waals surface area contributed by atoms with E-state index in [1.54, 1.807) is 0 Å². The maximum absolute atomic E-state index is 6.69. The largest absolute Gasteiger partial charge is 1.00 e. The van der Waals surface area contributed by atoms with Crippen LogP contribution in [0.5, 0.6) is 0 Å². The van der Waals surface area contributed by atoms with Crippen molar-refractivity contribution in [2.24, 2.45) is 11.5 Å². The third-order valence-corrected chi connectivity index (χ3v) is 13.8. The molecule has 4 N–H and O–H groups in total. The molecule has 0 amide bonds. The van der Waals surface area contributed by atoms with Crippen molar-refractivity contribution in [3.05, 3.63) is 224 Å². The van der Waals surface area contributed by atoms with Crippen molar-refractivity contribution in [1.29, 1.82) is 0 Å². The monoisotopic (exact) mass is 841 g/mol. The molecule has 1 aliphatic carbocycles. The predicted octanol–water partition coefficient (Wildman–Crippen LogP) is 8.73. The summed E-state index contributed by atoms with van der Waals surface area (Å²) in [5, 5.41) is 8.39. The Hall–Kier alpha value is -4.50. The smallest absolute Gasteiger partial charge is 0.366 e. The SMILES string of the molecule is N[C@@H]1CCCC[C@H]1N.[C-]#Cc1ccccc1.[Ru+].c1ccc(P(c2ccccc2)c2ccccc2)cc1.c1ccc(P(c2ccccc2)c2ccccc2)cc1. The van der Waals surface area contributed by atoms with Crippen LogP contribution in [0.4, 0.5) is 0 Å². The van der Waals surface area contributed by atoms with Crippen LogP contribution in [0, 0.1) is 12.3 Å². The second-order valence-corrected chi connectivity index (χ2v) is 17.2. The van der Waals surface area contributed by atoms with Gasteiger partial charge in [0.15, 0.2) is 0 Å². The van der Waals surface area contributed by atoms with Crippen LogP contribution in [0.3, 0.4) is 0 Å². The molecular formula is C50H49N2P2Ru. The average molecular weight is 841 g/mol. The van der Waals surface area contributed by atoms with Crippen molar-refractivity contribution < 1.29 is 19.5 Å². The van der Waals surface area contributed by atoms with E-state index in [1.807, 2.05) is 30.3 Å². The molecule has 1 radical (unpaired) electrons. The average Bonchev–Trinajstić information content (AvgIpc) is 3.25. The first-order valence-corrected chi connectivity index (χ1v) is 21.2. The van der Waals surface area contributed by atoms with E-state index in [-0.39, 0.29) is 31.6 Å². The number of benzene rings is 7. The summed E-state index contributed by atoms with van der Waals surface area (Å²) < 4.78 is 0. The minimum Gasteiger partial charge on any atom is -0.366 e. The second-order valence-electron chi connectivity index (χ2n) is 12.8. The van der Waals surface area contributed by atoms with Crippen molar-refractivity contribution in [2.75, 3.05) is 0 Å². The number of hydrogen-bond acceptors (Lipinski definition) is 2. The summed E-state index contributed by atoms with van der Waals surface area (Å²) in [6, 6.07) is 74.6. The second kappa shape index (κ2) is 24.8. The first-order chi connectivity index (χ1) is 26.6. The Morgan fingerprint density at radius 1 is 0.364 bits per heavy atom. The molecule has 55 heavy (non-hydrogen) atoms. The predicted molar refractivity (Wildman–Crippen MR) is 237 cm³/mol. The van der Waals surface area contributed by atoms with Crippen molar-refractivity contribution in [1.82, 2.24) is 0 Å². The molecule has 0 unspecified atom stereocenters. The van der Waals surface area contributed by atoms with Gasteiger partial charge in [-0.05, 0) is 60.5 Å². The topological polar surface area (TPSA) is 52.0 Å². The normalized spacial score (nSPS) is 14.2. The Bertz CT molecular complexity index is 1730. The Morgan fingerprint density at radius 2 is 0.564 bits per heavy atom. The number of nitrogens with two attached hydrogens (primary N) is 2. The van der Waals surface area contributed by atoms with Gasteiger partial charge in [0.1, 0.15) is 0 Å². The van der Waals surface area contributed by atoms with Crippen molar-refractivity contribution >= 4 is 47.7 Å². The van der Waals surface area contributed by atoms with E-state index in [4.69, 9.17) is 17.9 Å². The van der Waals surface area contributed by atoms with E-state index in [9.17, 15) is 0 Å². The Kier molecular flexibility index (Phi) is 19.5. The van der Waals surface area contributed by atoms with Crippen LogP contribution in [0.1, 0.15) is 31.2 Å². The van der Waals surface area contributed by atoms with Gasteiger partial charge in [-0.2, -0.15) is 0 Å². The number of hydrogen-bond donors (Lipinski definition) is 2. The summed E-state index contributed by atoms with van der Waals surface area (Å²) in [5.41, 5.74) is 12.1. The molecule has 277 valence electrons. The van der Waals surface area contributed by atoms with E-state index >= 15 is 0 Å². The maximum Gasteiger partial charge on any atom is 1.00 e. The molecular weight excluding hydrogens is 792 g/mol. The molecule has 1 saturated carbocycles. The molecule has 1 aliphatic rings. The third kappa shape index (κ3) is 14.3. The van der Waals surface area contributed by atoms with E-state index in [1.165, 1.54) is 44.7 Å². The first kappa shape index (κ1) is 43.2. The third-order valence-electron chi connectivity index (χ3n) is 8.88. The van der Waals surface area contributed by atoms with Gasteiger partial charge in [0.25, 0.3) is 0 Å². The van der Waals surface area contributed by atoms with Crippen molar-refractivity contribution in [2.45, 2.75) is 37.8 Å². The van der Waals surface area contributed by atoms with Crippen LogP contribution in [-0.4, -0.2) is 12.1 Å². The molecule has 0 saturated heterocycles. The van der Waals surface area contributed by atoms with Gasteiger partial charge in [-0.1, -0.05) is 213 Å². The van der Waals surface area contributed by atoms with Crippen LogP contribution >= 0.6 is 15.8 Å². The first-order valence-electron chi connectivity index (χ1n) is 18.5. The van der Waals surface area contributed by atoms with E-state index in [0.29, 0.717) is 0 Å². The molecule has 7 aromatic rings. The summed E-state index contributed by atoms with van der Waals surface area (Å²) >= 11 is 0. The van der Waals surface area contributed by atoms with Crippen LogP contribution in [0.2, 0.25) is 0 Å². The van der Waals surface area contributed by atoms with Crippen molar-refractivity contribution in [3.63, 3.8) is 0 Å². The van der Waals surface area contributed by atoms with Gasteiger partial charge in [-0.25, -0.2) is 0 Å². The molecule has 7 aromatic carbocycles. The Balaban J connectivity index is 0.000000175. The summed E-state index contributed by atoms with van der Waals surface area (Å²) in [6.07, 6.45) is 11.5. The van der Waals surface area contributed by atoms with Crippen LogP contribution < -0.4 is 43.3 Å². The fraction of sp³-hybridized carbons (Fsp3) is 0.120. The Labute approximate surface area is 344 Å². The number of rotatable bonds is 6. The molecule has 0 bridgehead atoms. The molecule has 0 spiro atoms. The van der Waals surface area contributed by atoms with Crippen molar-refractivity contribution in [3.8, 4) is 5.92 Å². The zero-order valence-corrected chi connectivity index (χ0v) is 34.6. The molecule has 0 heterocycles. The van der Waals surface area contributed by atoms with Crippen LogP contribution in [0.15, 0.2) is 212 Å². The maximum atomic E-state index is 6.69. The zero-order valence-electron chi connectivity index (χ0n) is 31.1. The van der Waals surface area contributed by atoms with Gasteiger partial charge in [0.05, 0.1) is 0 Å². The molecule has 0 aliphatic heterocycles. The molecule has 5 heteroatoms. The van der Waals surface area contributed by atoms with E-state index < -0.39 is 15.8 Å². The minimum absolute atomic E-state index is 0. The minimum atomic E-state index is -0.446. The van der Waals surface area contributed by atoms with Gasteiger partial charge in [-0.3, -0.25) is 5.92 Å². The molecule has 8 rings (SSSR count). The summed E-state index contributed by atoms with van der Waals surface area (Å²) in [7, 11) is -0.892. The quantitative estimate of drug-likeness (QED) is 0.0763. The fourth-order valence-electron chi connectivity index (χ4n) is 6.07. The van der Waals surface area contributed by atoms with E-state index in [2.05, 4.69) is 188 Å². The Morgan fingerprint density at radius 3 is 0.727 bits per heavy atom. The summed E-state index contributed by atoms with van der Waals surface area (Å²) in [4.78, 5) is 0. The van der Waals surface area contributed by atoms with Gasteiger partial charge < -0.3 is 17.9 Å². The molecule has 2 nitrogen and oxygen atoms in total. The van der Waals surface area contributed by atoms with Gasteiger partial charge in [0, 0.05) is 12.1 Å². The zero-order chi connectivity index (χ0) is 37.6. The summed E-state index contributed by atoms with van der Waals surface area (Å²) in [6.45, 7) is 0. The van der Waals surface area contributed by atoms with Crippen LogP contribution in [0.25, 0.3) is 0 Å². The van der Waals surface area contributed by atoms with Gasteiger partial charge in [-0.15, -0.1) is 17.7 Å². The fourth-order valence-corrected chi connectivity index (χ4v) is 10.7. The van der Waals surface area contributed by atoms with E-state index in [0.717, 1.165) is 18.4 Å². The standard InChI is InChI=1S/2C18H15P.C8H5.C6H14N2.Ru/c2*1-4-10-16(11-5-1)19(17-12-6-2-7-13-17)18-14-8-3-9-15-18;1-2-8-6-4-3-5-7-8;7-5-3-1-2-4-6(5)8;/h2*1-15H;3-7H;5-6H,1-4,7-8H2;/q;;-1;;+1/t;;;5-,6-;/m...1./s1.